The van der Waals surface area contributed by atoms with E-state index in [1.807, 2.05) is 35.2 Å². The van der Waals surface area contributed by atoms with E-state index in [2.05, 4.69) is 20.6 Å². The van der Waals surface area contributed by atoms with Crippen LogP contribution in [-0.2, 0) is 6.42 Å². The smallest absolute Gasteiger partial charge is 0.254 e. The number of amides is 1. The Morgan fingerprint density at radius 3 is 2.82 bits per heavy atom. The molecule has 1 amide bonds. The van der Waals surface area contributed by atoms with Crippen molar-refractivity contribution in [2.24, 2.45) is 5.92 Å². The summed E-state index contributed by atoms with van der Waals surface area (Å²) >= 11 is 0. The van der Waals surface area contributed by atoms with Gasteiger partial charge < -0.3 is 4.90 Å². The molecule has 2 heterocycles. The van der Waals surface area contributed by atoms with Gasteiger partial charge in [-0.05, 0) is 54.5 Å². The van der Waals surface area contributed by atoms with Gasteiger partial charge in [0.15, 0.2) is 0 Å². The molecule has 1 aliphatic heterocycles. The van der Waals surface area contributed by atoms with Gasteiger partial charge >= 0.3 is 0 Å². The molecule has 2 aromatic carbocycles. The lowest BCUT2D eigenvalue weighted by Gasteiger charge is -2.33. The second-order valence-electron chi connectivity index (χ2n) is 7.17. The average Bonchev–Trinajstić information content (AvgIpc) is 3.28. The van der Waals surface area contributed by atoms with Gasteiger partial charge in [0, 0.05) is 18.7 Å². The van der Waals surface area contributed by atoms with Crippen molar-refractivity contribution in [3.8, 4) is 11.4 Å². The number of aryl methyl sites for hydroxylation is 1. The standard InChI is InChI=1S/C21H22FN5O/c22-19-10-4-1-7-16(19)12-11-15-6-5-13-27(14-15)21(28)18-9-3-2-8-17(18)20-23-25-26-24-20/h1-4,7-10,15H,5-6,11-14H2,(H,23,24,25,26)/t15-/m0/s1. The van der Waals surface area contributed by atoms with Crippen LogP contribution in [0.3, 0.4) is 0 Å². The maximum atomic E-state index is 13.9. The Bertz CT molecular complexity index is 943. The molecule has 3 aromatic rings. The Hall–Kier alpha value is -3.09. The van der Waals surface area contributed by atoms with Crippen LogP contribution in [0, 0.1) is 11.7 Å². The first-order chi connectivity index (χ1) is 13.7. The fourth-order valence-corrected chi connectivity index (χ4v) is 3.86. The molecule has 1 aromatic heterocycles. The van der Waals surface area contributed by atoms with Crippen molar-refractivity contribution in [3.05, 3.63) is 65.5 Å². The highest BCUT2D eigenvalue weighted by atomic mass is 19.1. The van der Waals surface area contributed by atoms with Crippen molar-refractivity contribution in [3.63, 3.8) is 0 Å². The van der Waals surface area contributed by atoms with Gasteiger partial charge in [-0.25, -0.2) is 4.39 Å². The number of carbonyl (C=O) groups excluding carboxylic acids is 1. The lowest BCUT2D eigenvalue weighted by Crippen LogP contribution is -2.40. The number of H-pyrrole nitrogens is 1. The molecule has 1 aliphatic rings. The van der Waals surface area contributed by atoms with Crippen LogP contribution in [0.5, 0.6) is 0 Å². The molecule has 1 fully saturated rings. The van der Waals surface area contributed by atoms with Crippen molar-refractivity contribution < 1.29 is 9.18 Å². The third-order valence-corrected chi connectivity index (χ3v) is 5.33. The van der Waals surface area contributed by atoms with Crippen LogP contribution in [-0.4, -0.2) is 44.5 Å². The van der Waals surface area contributed by atoms with Crippen molar-refractivity contribution in [2.45, 2.75) is 25.7 Å². The summed E-state index contributed by atoms with van der Waals surface area (Å²) in [7, 11) is 0. The summed E-state index contributed by atoms with van der Waals surface area (Å²) in [6.45, 7) is 1.42. The highest BCUT2D eigenvalue weighted by molar-refractivity contribution is 6.00. The number of hydrogen-bond acceptors (Lipinski definition) is 4. The molecule has 6 nitrogen and oxygen atoms in total. The molecular formula is C21H22FN5O. The number of rotatable bonds is 5. The fraction of sp³-hybridized carbons (Fsp3) is 0.333. The summed E-state index contributed by atoms with van der Waals surface area (Å²) in [5, 5.41) is 14.0. The number of nitrogens with zero attached hydrogens (tertiary/aromatic N) is 4. The van der Waals surface area contributed by atoms with Gasteiger partial charge in [-0.2, -0.15) is 5.21 Å². The summed E-state index contributed by atoms with van der Waals surface area (Å²) in [5.41, 5.74) is 2.00. The van der Waals surface area contributed by atoms with E-state index in [4.69, 9.17) is 0 Å². The van der Waals surface area contributed by atoms with Crippen molar-refractivity contribution in [1.82, 2.24) is 25.5 Å². The van der Waals surface area contributed by atoms with E-state index in [1.165, 1.54) is 6.07 Å². The number of aromatic amines is 1. The zero-order chi connectivity index (χ0) is 19.3. The fourth-order valence-electron chi connectivity index (χ4n) is 3.86. The van der Waals surface area contributed by atoms with Gasteiger partial charge in [-0.15, -0.1) is 10.2 Å². The lowest BCUT2D eigenvalue weighted by atomic mass is 9.91. The molecular weight excluding hydrogens is 357 g/mol. The van der Waals surface area contributed by atoms with E-state index < -0.39 is 0 Å². The maximum Gasteiger partial charge on any atom is 0.254 e. The molecule has 1 atom stereocenters. The number of aromatic nitrogens is 4. The van der Waals surface area contributed by atoms with Crippen LogP contribution in [0.1, 0.15) is 35.2 Å². The van der Waals surface area contributed by atoms with Gasteiger partial charge in [0.25, 0.3) is 5.91 Å². The topological polar surface area (TPSA) is 74.8 Å². The third-order valence-electron chi connectivity index (χ3n) is 5.33. The number of piperidine rings is 1. The molecule has 28 heavy (non-hydrogen) atoms. The molecule has 0 spiro atoms. The minimum Gasteiger partial charge on any atom is -0.338 e. The summed E-state index contributed by atoms with van der Waals surface area (Å²) in [6, 6.07) is 14.2. The quantitative estimate of drug-likeness (QED) is 0.736. The summed E-state index contributed by atoms with van der Waals surface area (Å²) in [4.78, 5) is 15.1. The average molecular weight is 379 g/mol. The van der Waals surface area contributed by atoms with Crippen LogP contribution in [0.4, 0.5) is 4.39 Å². The molecule has 0 unspecified atom stereocenters. The Morgan fingerprint density at radius 1 is 1.18 bits per heavy atom. The highest BCUT2D eigenvalue weighted by Crippen LogP contribution is 2.26. The number of tetrazole rings is 1. The second kappa shape index (κ2) is 8.29. The first kappa shape index (κ1) is 18.3. The zero-order valence-electron chi connectivity index (χ0n) is 15.5. The van der Waals surface area contributed by atoms with Gasteiger partial charge in [0.1, 0.15) is 5.82 Å². The summed E-state index contributed by atoms with van der Waals surface area (Å²) in [5.74, 6) is 0.614. The SMILES string of the molecule is O=C(c1ccccc1-c1nn[nH]n1)N1CCC[C@@H](CCc2ccccc2F)C1. The highest BCUT2D eigenvalue weighted by Gasteiger charge is 2.26. The number of carbonyl (C=O) groups is 1. The number of nitrogens with one attached hydrogen (secondary N) is 1. The van der Waals surface area contributed by atoms with E-state index in [1.54, 1.807) is 12.1 Å². The van der Waals surface area contributed by atoms with Gasteiger partial charge in [0.2, 0.25) is 5.82 Å². The van der Waals surface area contributed by atoms with Crippen LogP contribution in [0.2, 0.25) is 0 Å². The molecule has 4 rings (SSSR count). The molecule has 0 aliphatic carbocycles. The zero-order valence-corrected chi connectivity index (χ0v) is 15.5. The van der Waals surface area contributed by atoms with Crippen LogP contribution in [0.15, 0.2) is 48.5 Å². The van der Waals surface area contributed by atoms with Crippen LogP contribution >= 0.6 is 0 Å². The number of benzene rings is 2. The first-order valence-corrected chi connectivity index (χ1v) is 9.58. The van der Waals surface area contributed by atoms with Crippen molar-refractivity contribution >= 4 is 5.91 Å². The number of hydrogen-bond donors (Lipinski definition) is 1. The Balaban J connectivity index is 1.45. The van der Waals surface area contributed by atoms with E-state index in [0.29, 0.717) is 35.8 Å². The maximum absolute atomic E-state index is 13.9. The minimum atomic E-state index is -0.153. The number of likely N-dealkylation sites (tertiary alicyclic amines) is 1. The molecule has 7 heteroatoms. The predicted molar refractivity (Wildman–Crippen MR) is 103 cm³/mol. The molecule has 1 N–H and O–H groups in total. The van der Waals surface area contributed by atoms with Crippen molar-refractivity contribution in [1.29, 1.82) is 0 Å². The van der Waals surface area contributed by atoms with Crippen LogP contribution in [0.25, 0.3) is 11.4 Å². The Labute approximate surface area is 162 Å². The minimum absolute atomic E-state index is 0.0176. The Kier molecular flexibility index (Phi) is 5.41. The van der Waals surface area contributed by atoms with E-state index in [0.717, 1.165) is 31.4 Å². The molecule has 144 valence electrons. The number of halogens is 1. The normalized spacial score (nSPS) is 16.9. The monoisotopic (exact) mass is 379 g/mol. The molecule has 0 saturated carbocycles. The van der Waals surface area contributed by atoms with Gasteiger partial charge in [-0.3, -0.25) is 4.79 Å². The molecule has 0 bridgehead atoms. The van der Waals surface area contributed by atoms with E-state index >= 15 is 0 Å². The molecule has 1 saturated heterocycles. The van der Waals surface area contributed by atoms with Crippen molar-refractivity contribution in [2.75, 3.05) is 13.1 Å². The summed E-state index contributed by atoms with van der Waals surface area (Å²) in [6.07, 6.45) is 3.58. The van der Waals surface area contributed by atoms with Gasteiger partial charge in [-0.1, -0.05) is 36.4 Å². The van der Waals surface area contributed by atoms with Gasteiger partial charge in [0.05, 0.1) is 5.56 Å². The summed E-state index contributed by atoms with van der Waals surface area (Å²) < 4.78 is 13.9. The Morgan fingerprint density at radius 2 is 2.00 bits per heavy atom. The second-order valence-corrected chi connectivity index (χ2v) is 7.17. The largest absolute Gasteiger partial charge is 0.338 e. The third kappa shape index (κ3) is 3.93. The lowest BCUT2D eigenvalue weighted by molar-refractivity contribution is 0.0669. The van der Waals surface area contributed by atoms with E-state index in [9.17, 15) is 9.18 Å². The predicted octanol–water partition coefficient (Wildman–Crippen LogP) is 3.49. The molecule has 0 radical (unpaired) electrons. The van der Waals surface area contributed by atoms with Crippen LogP contribution < -0.4 is 0 Å². The van der Waals surface area contributed by atoms with E-state index in [-0.39, 0.29) is 11.7 Å². The first-order valence-electron chi connectivity index (χ1n) is 9.58.